The Morgan fingerprint density at radius 1 is 1.32 bits per heavy atom. The van der Waals surface area contributed by atoms with Gasteiger partial charge in [0.05, 0.1) is 18.3 Å². The maximum Gasteiger partial charge on any atom is 0.245 e. The predicted octanol–water partition coefficient (Wildman–Crippen LogP) is 2.92. The molecule has 0 aliphatic rings. The van der Waals surface area contributed by atoms with Crippen LogP contribution in [0.25, 0.3) is 11.3 Å². The van der Waals surface area contributed by atoms with Gasteiger partial charge in [-0.05, 0) is 12.0 Å². The number of carbonyl (C=O) groups is 2. The third kappa shape index (κ3) is 5.97. The van der Waals surface area contributed by atoms with E-state index in [2.05, 4.69) is 15.6 Å². The van der Waals surface area contributed by atoms with Gasteiger partial charge in [-0.15, -0.1) is 23.7 Å². The fraction of sp³-hybridized carbons (Fsp3) is 0.312. The number of amides is 2. The fourth-order valence-corrected chi connectivity index (χ4v) is 2.83. The summed E-state index contributed by atoms with van der Waals surface area (Å²) in [5, 5.41) is 8.00. The number of anilines is 1. The highest BCUT2D eigenvalue weighted by Gasteiger charge is 2.18. The first kappa shape index (κ1) is 21.4. The Hall–Kier alpha value is -1.67. The number of aromatic nitrogens is 1. The van der Waals surface area contributed by atoms with E-state index in [0.29, 0.717) is 15.8 Å². The highest BCUT2D eigenvalue weighted by molar-refractivity contribution is 7.14. The van der Waals surface area contributed by atoms with Crippen molar-refractivity contribution in [1.29, 1.82) is 0 Å². The second kappa shape index (κ2) is 9.72. The number of hydrogen-bond donors (Lipinski definition) is 3. The summed E-state index contributed by atoms with van der Waals surface area (Å²) in [5.74, 6) is -0.708. The molecule has 0 aliphatic carbocycles. The van der Waals surface area contributed by atoms with E-state index in [4.69, 9.17) is 17.3 Å². The number of nitrogens with zero attached hydrogens (tertiary/aromatic N) is 1. The molecule has 2 aromatic rings. The summed E-state index contributed by atoms with van der Waals surface area (Å²) in [4.78, 5) is 28.0. The molecule has 0 fully saturated rings. The van der Waals surface area contributed by atoms with Crippen molar-refractivity contribution in [3.05, 3.63) is 34.7 Å². The minimum Gasteiger partial charge on any atom is -0.346 e. The molecule has 0 bridgehead atoms. The van der Waals surface area contributed by atoms with E-state index in [1.165, 1.54) is 11.3 Å². The zero-order chi connectivity index (χ0) is 17.7. The molecule has 0 saturated heterocycles. The molecule has 0 saturated carbocycles. The number of rotatable bonds is 6. The van der Waals surface area contributed by atoms with E-state index in [1.807, 2.05) is 37.4 Å². The number of benzene rings is 1. The van der Waals surface area contributed by atoms with Gasteiger partial charge >= 0.3 is 0 Å². The van der Waals surface area contributed by atoms with E-state index in [-0.39, 0.29) is 36.7 Å². The highest BCUT2D eigenvalue weighted by Crippen LogP contribution is 2.30. The molecule has 0 aliphatic heterocycles. The molecule has 9 heteroatoms. The van der Waals surface area contributed by atoms with E-state index >= 15 is 0 Å². The molecule has 0 unspecified atom stereocenters. The SMILES string of the molecule is CC(C)[C@H](N)C(=O)NCC(=O)Nc1nc(-c2ccccc2Cl)cs1.Cl. The topological polar surface area (TPSA) is 97.1 Å². The zero-order valence-corrected chi connectivity index (χ0v) is 16.2. The number of carbonyl (C=O) groups excluding carboxylic acids is 2. The molecule has 25 heavy (non-hydrogen) atoms. The van der Waals surface area contributed by atoms with Crippen LogP contribution in [0.2, 0.25) is 5.02 Å². The first-order chi connectivity index (χ1) is 11.4. The van der Waals surface area contributed by atoms with E-state index in [0.717, 1.165) is 5.56 Å². The molecule has 4 N–H and O–H groups in total. The summed E-state index contributed by atoms with van der Waals surface area (Å²) in [5.41, 5.74) is 7.20. The smallest absolute Gasteiger partial charge is 0.245 e. The molecule has 0 radical (unpaired) electrons. The van der Waals surface area contributed by atoms with Gasteiger partial charge in [-0.1, -0.05) is 43.6 Å². The number of halogens is 2. The van der Waals surface area contributed by atoms with Crippen molar-refractivity contribution < 1.29 is 9.59 Å². The van der Waals surface area contributed by atoms with Crippen LogP contribution in [-0.4, -0.2) is 29.4 Å². The zero-order valence-electron chi connectivity index (χ0n) is 13.8. The Morgan fingerprint density at radius 3 is 2.64 bits per heavy atom. The van der Waals surface area contributed by atoms with Crippen molar-refractivity contribution in [3.8, 4) is 11.3 Å². The van der Waals surface area contributed by atoms with Crippen LogP contribution >= 0.6 is 35.3 Å². The second-order valence-electron chi connectivity index (χ2n) is 5.55. The van der Waals surface area contributed by atoms with E-state index < -0.39 is 6.04 Å². The second-order valence-corrected chi connectivity index (χ2v) is 6.82. The Labute approximate surface area is 161 Å². The van der Waals surface area contributed by atoms with Crippen molar-refractivity contribution in [1.82, 2.24) is 10.3 Å². The molecule has 1 atom stereocenters. The maximum absolute atomic E-state index is 11.9. The lowest BCUT2D eigenvalue weighted by molar-refractivity contribution is -0.125. The van der Waals surface area contributed by atoms with Gasteiger partial charge in [-0.2, -0.15) is 0 Å². The summed E-state index contributed by atoms with van der Waals surface area (Å²) in [6.07, 6.45) is 0. The first-order valence-corrected chi connectivity index (χ1v) is 8.68. The quantitative estimate of drug-likeness (QED) is 0.691. The molecule has 1 aromatic carbocycles. The van der Waals surface area contributed by atoms with Crippen LogP contribution in [0.3, 0.4) is 0 Å². The summed E-state index contributed by atoms with van der Waals surface area (Å²) >= 11 is 7.42. The van der Waals surface area contributed by atoms with Crippen molar-refractivity contribution in [2.45, 2.75) is 19.9 Å². The largest absolute Gasteiger partial charge is 0.346 e. The Balaban J connectivity index is 0.00000312. The lowest BCUT2D eigenvalue weighted by Crippen LogP contribution is -2.46. The standard InChI is InChI=1S/C16H19ClN4O2S.ClH/c1-9(2)14(18)15(23)19-7-13(22)21-16-20-12(8-24-16)10-5-3-4-6-11(10)17;/h3-6,8-9,14H,7,18H2,1-2H3,(H,19,23)(H,20,21,22);1H/t14-;/m0./s1. The molecular formula is C16H20Cl2N4O2S. The lowest BCUT2D eigenvalue weighted by Gasteiger charge is -2.14. The lowest BCUT2D eigenvalue weighted by atomic mass is 10.1. The van der Waals surface area contributed by atoms with Gasteiger partial charge in [0.2, 0.25) is 11.8 Å². The van der Waals surface area contributed by atoms with Crippen molar-refractivity contribution in [2.24, 2.45) is 11.7 Å². The molecule has 6 nitrogen and oxygen atoms in total. The Bertz CT molecular complexity index is 736. The number of hydrogen-bond acceptors (Lipinski definition) is 5. The maximum atomic E-state index is 11.9. The van der Waals surface area contributed by atoms with E-state index in [9.17, 15) is 9.59 Å². The first-order valence-electron chi connectivity index (χ1n) is 7.42. The van der Waals surface area contributed by atoms with Crippen molar-refractivity contribution in [2.75, 3.05) is 11.9 Å². The van der Waals surface area contributed by atoms with Gasteiger partial charge in [0.1, 0.15) is 0 Å². The third-order valence-electron chi connectivity index (χ3n) is 3.34. The average Bonchev–Trinajstić information content (AvgIpc) is 3.00. The minimum atomic E-state index is -0.635. The van der Waals surface area contributed by atoms with Gasteiger partial charge in [0, 0.05) is 16.0 Å². The van der Waals surface area contributed by atoms with E-state index in [1.54, 1.807) is 6.07 Å². The molecule has 1 aromatic heterocycles. The van der Waals surface area contributed by atoms with Crippen LogP contribution in [0, 0.1) is 5.92 Å². The van der Waals surface area contributed by atoms with Gasteiger partial charge in [-0.25, -0.2) is 4.98 Å². The van der Waals surface area contributed by atoms with Crippen molar-refractivity contribution >= 4 is 52.3 Å². The van der Waals surface area contributed by atoms with Gasteiger partial charge in [0.15, 0.2) is 5.13 Å². The average molecular weight is 403 g/mol. The van der Waals surface area contributed by atoms with Crippen LogP contribution in [-0.2, 0) is 9.59 Å². The monoisotopic (exact) mass is 402 g/mol. The predicted molar refractivity (Wildman–Crippen MR) is 104 cm³/mol. The van der Waals surface area contributed by atoms with Gasteiger partial charge < -0.3 is 16.4 Å². The van der Waals surface area contributed by atoms with Crippen LogP contribution in [0.4, 0.5) is 5.13 Å². The Kier molecular flexibility index (Phi) is 8.31. The molecule has 0 spiro atoms. The third-order valence-corrected chi connectivity index (χ3v) is 4.43. The highest BCUT2D eigenvalue weighted by atomic mass is 35.5. The number of nitrogens with one attached hydrogen (secondary N) is 2. The molecule has 2 rings (SSSR count). The van der Waals surface area contributed by atoms with Gasteiger partial charge in [-0.3, -0.25) is 9.59 Å². The number of thiazole rings is 1. The fourth-order valence-electron chi connectivity index (χ4n) is 1.88. The summed E-state index contributed by atoms with van der Waals surface area (Å²) in [6.45, 7) is 3.53. The van der Waals surface area contributed by atoms with Crippen LogP contribution in [0.5, 0.6) is 0 Å². The van der Waals surface area contributed by atoms with Crippen LogP contribution < -0.4 is 16.4 Å². The minimum absolute atomic E-state index is 0. The summed E-state index contributed by atoms with van der Waals surface area (Å²) in [6, 6.07) is 6.71. The van der Waals surface area contributed by atoms with Crippen LogP contribution in [0.15, 0.2) is 29.6 Å². The Morgan fingerprint density at radius 2 is 2.00 bits per heavy atom. The molecule has 136 valence electrons. The number of nitrogens with two attached hydrogens (primary N) is 1. The molecule has 2 amide bonds. The molecule has 1 heterocycles. The van der Waals surface area contributed by atoms with Gasteiger partial charge in [0.25, 0.3) is 0 Å². The normalized spacial score (nSPS) is 11.6. The van der Waals surface area contributed by atoms with Crippen molar-refractivity contribution in [3.63, 3.8) is 0 Å². The molecular weight excluding hydrogens is 383 g/mol. The van der Waals surface area contributed by atoms with Crippen LogP contribution in [0.1, 0.15) is 13.8 Å². The summed E-state index contributed by atoms with van der Waals surface area (Å²) in [7, 11) is 0. The summed E-state index contributed by atoms with van der Waals surface area (Å²) < 4.78 is 0.